The third-order valence-electron chi connectivity index (χ3n) is 2.65. The molecule has 0 aliphatic carbocycles. The van der Waals surface area contributed by atoms with E-state index in [0.29, 0.717) is 10.6 Å². The van der Waals surface area contributed by atoms with Crippen LogP contribution >= 0.6 is 11.3 Å². The van der Waals surface area contributed by atoms with Crippen molar-refractivity contribution in [3.05, 3.63) is 52.0 Å². The van der Waals surface area contributed by atoms with Crippen molar-refractivity contribution in [2.75, 3.05) is 18.5 Å². The van der Waals surface area contributed by atoms with Crippen LogP contribution in [0.3, 0.4) is 0 Å². The van der Waals surface area contributed by atoms with E-state index in [1.807, 2.05) is 0 Å². The summed E-state index contributed by atoms with van der Waals surface area (Å²) >= 11 is 1.31. The van der Waals surface area contributed by atoms with Gasteiger partial charge in [-0.1, -0.05) is 11.8 Å². The zero-order valence-electron chi connectivity index (χ0n) is 10.9. The van der Waals surface area contributed by atoms with Crippen LogP contribution in [-0.2, 0) is 0 Å². The smallest absolute Gasteiger partial charge is 0.268 e. The number of hydrogen-bond acceptors (Lipinski definition) is 3. The van der Waals surface area contributed by atoms with E-state index in [0.717, 1.165) is 4.88 Å². The van der Waals surface area contributed by atoms with E-state index < -0.39 is 0 Å². The summed E-state index contributed by atoms with van der Waals surface area (Å²) in [5.74, 6) is 5.16. The van der Waals surface area contributed by atoms with Crippen molar-refractivity contribution >= 4 is 22.9 Å². The first-order valence-corrected chi connectivity index (χ1v) is 6.76. The normalized spacial score (nSPS) is 9.75. The van der Waals surface area contributed by atoms with E-state index in [1.165, 1.54) is 28.4 Å². The molecule has 0 bridgehead atoms. The van der Waals surface area contributed by atoms with Crippen LogP contribution in [0.15, 0.2) is 36.4 Å². The Bertz CT molecular complexity index is 667. The first-order valence-electron chi connectivity index (χ1n) is 5.94. The number of nitrogens with zero attached hydrogens (tertiary/aromatic N) is 1. The number of carbonyl (C=O) groups excluding carboxylic acids is 1. The van der Waals surface area contributed by atoms with Crippen molar-refractivity contribution < 1.29 is 9.18 Å². The fourth-order valence-corrected chi connectivity index (χ4v) is 2.46. The summed E-state index contributed by atoms with van der Waals surface area (Å²) in [6.45, 7) is 0.288. The maximum absolute atomic E-state index is 12.9. The number of anilines is 1. The molecule has 0 aliphatic rings. The van der Waals surface area contributed by atoms with Gasteiger partial charge < -0.3 is 10.6 Å². The molecular formula is C15H13FN2OS. The second-order valence-electron chi connectivity index (χ2n) is 4.01. The molecule has 102 valence electrons. The largest absolute Gasteiger partial charge is 0.320 e. The minimum Gasteiger partial charge on any atom is -0.320 e. The molecule has 0 atom stereocenters. The SMILES string of the molecule is CN(C(=O)c1ccc(C#CCN)s1)c1ccc(F)cc1. The Morgan fingerprint density at radius 1 is 1.30 bits per heavy atom. The second-order valence-corrected chi connectivity index (χ2v) is 5.09. The van der Waals surface area contributed by atoms with Gasteiger partial charge in [0.05, 0.1) is 16.3 Å². The van der Waals surface area contributed by atoms with E-state index in [4.69, 9.17) is 5.73 Å². The van der Waals surface area contributed by atoms with Crippen LogP contribution in [0.4, 0.5) is 10.1 Å². The standard InChI is InChI=1S/C15H13FN2OS/c1-18(12-6-4-11(16)5-7-12)15(19)14-9-8-13(20-14)3-2-10-17/h4-9H,10,17H2,1H3. The van der Waals surface area contributed by atoms with Crippen molar-refractivity contribution in [3.8, 4) is 11.8 Å². The Balaban J connectivity index is 2.18. The first kappa shape index (κ1) is 14.3. The summed E-state index contributed by atoms with van der Waals surface area (Å²) in [4.78, 5) is 15.1. The monoisotopic (exact) mass is 288 g/mol. The number of rotatable bonds is 2. The number of hydrogen-bond donors (Lipinski definition) is 1. The molecule has 0 aliphatic heterocycles. The van der Waals surface area contributed by atoms with Gasteiger partial charge in [-0.05, 0) is 36.4 Å². The molecule has 20 heavy (non-hydrogen) atoms. The summed E-state index contributed by atoms with van der Waals surface area (Å²) in [5, 5.41) is 0. The molecular weight excluding hydrogens is 275 g/mol. The molecule has 1 amide bonds. The van der Waals surface area contributed by atoms with Crippen LogP contribution in [0.5, 0.6) is 0 Å². The summed E-state index contributed by atoms with van der Waals surface area (Å²) in [5.41, 5.74) is 5.94. The topological polar surface area (TPSA) is 46.3 Å². The lowest BCUT2D eigenvalue weighted by atomic mass is 10.3. The van der Waals surface area contributed by atoms with Gasteiger partial charge in [0.2, 0.25) is 0 Å². The molecule has 1 heterocycles. The number of amides is 1. The van der Waals surface area contributed by atoms with E-state index >= 15 is 0 Å². The van der Waals surface area contributed by atoms with Gasteiger partial charge in [-0.3, -0.25) is 4.79 Å². The lowest BCUT2D eigenvalue weighted by molar-refractivity contribution is 0.0997. The summed E-state index contributed by atoms with van der Waals surface area (Å²) in [7, 11) is 1.65. The highest BCUT2D eigenvalue weighted by atomic mass is 32.1. The minimum absolute atomic E-state index is 0.151. The lowest BCUT2D eigenvalue weighted by Crippen LogP contribution is -2.25. The number of nitrogens with two attached hydrogens (primary N) is 1. The van der Waals surface area contributed by atoms with Gasteiger partial charge in [0, 0.05) is 12.7 Å². The van der Waals surface area contributed by atoms with Crippen LogP contribution in [-0.4, -0.2) is 19.5 Å². The van der Waals surface area contributed by atoms with Crippen molar-refractivity contribution in [2.24, 2.45) is 5.73 Å². The van der Waals surface area contributed by atoms with Crippen molar-refractivity contribution in [1.82, 2.24) is 0 Å². The van der Waals surface area contributed by atoms with Crippen LogP contribution in [0, 0.1) is 17.7 Å². The Hall–Kier alpha value is -2.16. The Labute approximate surface area is 120 Å². The minimum atomic E-state index is -0.329. The van der Waals surface area contributed by atoms with E-state index in [-0.39, 0.29) is 18.3 Å². The number of carbonyl (C=O) groups is 1. The average Bonchev–Trinajstić information content (AvgIpc) is 2.93. The van der Waals surface area contributed by atoms with Crippen LogP contribution in [0.1, 0.15) is 14.5 Å². The van der Waals surface area contributed by atoms with Crippen molar-refractivity contribution in [3.63, 3.8) is 0 Å². The third-order valence-corrected chi connectivity index (χ3v) is 3.64. The fourth-order valence-electron chi connectivity index (χ4n) is 1.61. The van der Waals surface area contributed by atoms with Crippen molar-refractivity contribution in [1.29, 1.82) is 0 Å². The predicted molar refractivity (Wildman–Crippen MR) is 79.4 cm³/mol. The molecule has 2 aromatic rings. The van der Waals surface area contributed by atoms with Gasteiger partial charge in [0.1, 0.15) is 5.82 Å². The molecule has 3 nitrogen and oxygen atoms in total. The van der Waals surface area contributed by atoms with Gasteiger partial charge in [0.15, 0.2) is 0 Å². The molecule has 0 unspecified atom stereocenters. The fraction of sp³-hybridized carbons (Fsp3) is 0.133. The number of benzene rings is 1. The van der Waals surface area contributed by atoms with Gasteiger partial charge in [0.25, 0.3) is 5.91 Å². The van der Waals surface area contributed by atoms with Gasteiger partial charge in [-0.15, -0.1) is 11.3 Å². The summed E-state index contributed by atoms with van der Waals surface area (Å²) in [6.07, 6.45) is 0. The highest BCUT2D eigenvalue weighted by molar-refractivity contribution is 7.14. The van der Waals surface area contributed by atoms with Crippen LogP contribution in [0.25, 0.3) is 0 Å². The number of halogens is 1. The van der Waals surface area contributed by atoms with Gasteiger partial charge in [-0.25, -0.2) is 4.39 Å². The molecule has 2 N–H and O–H groups in total. The molecule has 0 radical (unpaired) electrons. The zero-order valence-corrected chi connectivity index (χ0v) is 11.7. The van der Waals surface area contributed by atoms with Crippen LogP contribution in [0.2, 0.25) is 0 Å². The van der Waals surface area contributed by atoms with E-state index in [9.17, 15) is 9.18 Å². The zero-order chi connectivity index (χ0) is 14.5. The van der Waals surface area contributed by atoms with E-state index in [1.54, 1.807) is 31.3 Å². The Morgan fingerprint density at radius 3 is 2.65 bits per heavy atom. The molecule has 0 saturated heterocycles. The Kier molecular flexibility index (Phi) is 4.51. The predicted octanol–water partition coefficient (Wildman–Crippen LogP) is 2.47. The highest BCUT2D eigenvalue weighted by Crippen LogP contribution is 2.21. The van der Waals surface area contributed by atoms with Crippen molar-refractivity contribution in [2.45, 2.75) is 0 Å². The summed E-state index contributed by atoms with van der Waals surface area (Å²) in [6, 6.07) is 9.30. The Morgan fingerprint density at radius 2 is 2.00 bits per heavy atom. The molecule has 0 saturated carbocycles. The van der Waals surface area contributed by atoms with Crippen LogP contribution < -0.4 is 10.6 Å². The average molecular weight is 288 g/mol. The third kappa shape index (κ3) is 3.23. The van der Waals surface area contributed by atoms with Gasteiger partial charge in [-0.2, -0.15) is 0 Å². The molecule has 5 heteroatoms. The molecule has 1 aromatic heterocycles. The molecule has 0 fully saturated rings. The molecule has 1 aromatic carbocycles. The number of thiophene rings is 1. The highest BCUT2D eigenvalue weighted by Gasteiger charge is 2.15. The maximum Gasteiger partial charge on any atom is 0.268 e. The lowest BCUT2D eigenvalue weighted by Gasteiger charge is -2.16. The summed E-state index contributed by atoms with van der Waals surface area (Å²) < 4.78 is 12.9. The quantitative estimate of drug-likeness (QED) is 0.863. The first-order chi connectivity index (χ1) is 9.61. The maximum atomic E-state index is 12.9. The molecule has 2 rings (SSSR count). The molecule has 0 spiro atoms. The van der Waals surface area contributed by atoms with Gasteiger partial charge >= 0.3 is 0 Å². The van der Waals surface area contributed by atoms with E-state index in [2.05, 4.69) is 11.8 Å². The second kappa shape index (κ2) is 6.33.